The number of rotatable bonds is 5. The Hall–Kier alpha value is -2.01. The normalized spacial score (nSPS) is 13.9. The fraction of sp³-hybridized carbons (Fsp3) is 0.438. The molecule has 21 heavy (non-hydrogen) atoms. The Balaban J connectivity index is 1.95. The van der Waals surface area contributed by atoms with Gasteiger partial charge >= 0.3 is 6.03 Å². The summed E-state index contributed by atoms with van der Waals surface area (Å²) in [6.45, 7) is 6.12. The number of amides is 2. The monoisotopic (exact) mass is 290 g/mol. The van der Waals surface area contributed by atoms with Crippen molar-refractivity contribution in [2.75, 3.05) is 6.61 Å². The minimum atomic E-state index is -0.261. The number of furan rings is 1. The molecule has 0 saturated carbocycles. The number of urea groups is 1. The van der Waals surface area contributed by atoms with Gasteiger partial charge in [-0.2, -0.15) is 0 Å². The van der Waals surface area contributed by atoms with Gasteiger partial charge in [0.2, 0.25) is 0 Å². The lowest BCUT2D eigenvalue weighted by atomic mass is 10.1. The highest BCUT2D eigenvalue weighted by atomic mass is 16.3. The molecular weight excluding hydrogens is 268 g/mol. The lowest BCUT2D eigenvalue weighted by Gasteiger charge is -2.19. The van der Waals surface area contributed by atoms with E-state index in [-0.39, 0.29) is 24.6 Å². The van der Waals surface area contributed by atoms with Gasteiger partial charge in [-0.15, -0.1) is 0 Å². The molecule has 1 heterocycles. The van der Waals surface area contributed by atoms with Crippen molar-refractivity contribution in [1.82, 2.24) is 10.6 Å². The molecule has 0 spiro atoms. The number of hydrogen-bond acceptors (Lipinski definition) is 3. The van der Waals surface area contributed by atoms with Gasteiger partial charge in [-0.1, -0.05) is 25.1 Å². The zero-order valence-electron chi connectivity index (χ0n) is 12.6. The maximum atomic E-state index is 11.8. The van der Waals surface area contributed by atoms with Gasteiger partial charge in [0.05, 0.1) is 6.54 Å². The van der Waals surface area contributed by atoms with Gasteiger partial charge in [-0.3, -0.25) is 0 Å². The quantitative estimate of drug-likeness (QED) is 0.792. The van der Waals surface area contributed by atoms with Crippen LogP contribution in [0.1, 0.15) is 25.2 Å². The Morgan fingerprint density at radius 1 is 1.33 bits per heavy atom. The van der Waals surface area contributed by atoms with Crippen LogP contribution >= 0.6 is 0 Å². The Kier molecular flexibility index (Phi) is 4.85. The fourth-order valence-electron chi connectivity index (χ4n) is 2.11. The third-order valence-corrected chi connectivity index (χ3v) is 3.85. The van der Waals surface area contributed by atoms with Crippen molar-refractivity contribution in [3.63, 3.8) is 0 Å². The molecule has 0 bridgehead atoms. The molecule has 114 valence electrons. The summed E-state index contributed by atoms with van der Waals surface area (Å²) in [6, 6.07) is 7.45. The molecule has 0 aliphatic rings. The summed E-state index contributed by atoms with van der Waals surface area (Å²) in [5.74, 6) is 0.776. The lowest BCUT2D eigenvalue weighted by Crippen LogP contribution is -2.43. The van der Waals surface area contributed by atoms with Crippen LogP contribution in [0, 0.1) is 12.8 Å². The smallest absolute Gasteiger partial charge is 0.315 e. The maximum Gasteiger partial charge on any atom is 0.315 e. The molecule has 2 unspecified atom stereocenters. The second-order valence-electron chi connectivity index (χ2n) is 5.42. The van der Waals surface area contributed by atoms with E-state index in [1.807, 2.05) is 45.0 Å². The van der Waals surface area contributed by atoms with Gasteiger partial charge in [-0.05, 0) is 25.8 Å². The van der Waals surface area contributed by atoms with E-state index in [1.54, 1.807) is 0 Å². The highest BCUT2D eigenvalue weighted by Gasteiger charge is 2.15. The number of carbonyl (C=O) groups excluding carboxylic acids is 1. The number of nitrogens with one attached hydrogen (secondary N) is 2. The van der Waals surface area contributed by atoms with Crippen LogP contribution in [0.4, 0.5) is 4.79 Å². The van der Waals surface area contributed by atoms with E-state index in [2.05, 4.69) is 10.6 Å². The average Bonchev–Trinajstić information content (AvgIpc) is 2.81. The summed E-state index contributed by atoms with van der Waals surface area (Å²) in [6.07, 6.45) is 0. The first-order chi connectivity index (χ1) is 10.0. The van der Waals surface area contributed by atoms with Gasteiger partial charge in [0, 0.05) is 23.6 Å². The zero-order chi connectivity index (χ0) is 15.4. The number of aliphatic hydroxyl groups is 1. The molecule has 3 N–H and O–H groups in total. The Labute approximate surface area is 124 Å². The molecule has 1 aromatic carbocycles. The fourth-order valence-corrected chi connectivity index (χ4v) is 2.11. The molecule has 2 amide bonds. The summed E-state index contributed by atoms with van der Waals surface area (Å²) in [5.41, 5.74) is 1.87. The molecule has 0 fully saturated rings. The molecular formula is C16H22N2O3. The van der Waals surface area contributed by atoms with Crippen LogP contribution in [0.25, 0.3) is 11.0 Å². The largest absolute Gasteiger partial charge is 0.459 e. The van der Waals surface area contributed by atoms with Crippen molar-refractivity contribution in [2.24, 2.45) is 5.92 Å². The van der Waals surface area contributed by atoms with Crippen molar-refractivity contribution < 1.29 is 14.3 Å². The van der Waals surface area contributed by atoms with Crippen LogP contribution in [0.5, 0.6) is 0 Å². The van der Waals surface area contributed by atoms with Gasteiger partial charge in [-0.25, -0.2) is 4.79 Å². The maximum absolute atomic E-state index is 11.8. The van der Waals surface area contributed by atoms with Gasteiger partial charge in [0.25, 0.3) is 0 Å². The van der Waals surface area contributed by atoms with Crippen molar-refractivity contribution in [3.05, 3.63) is 35.6 Å². The summed E-state index contributed by atoms with van der Waals surface area (Å²) in [7, 11) is 0. The van der Waals surface area contributed by atoms with Gasteiger partial charge < -0.3 is 20.2 Å². The number of carbonyl (C=O) groups is 1. The Bertz CT molecular complexity index is 621. The Morgan fingerprint density at radius 2 is 2.05 bits per heavy atom. The molecule has 0 saturated heterocycles. The number of hydrogen-bond donors (Lipinski definition) is 3. The number of aryl methyl sites for hydroxylation is 1. The van der Waals surface area contributed by atoms with E-state index in [0.717, 1.165) is 22.3 Å². The van der Waals surface area contributed by atoms with Crippen LogP contribution in [-0.4, -0.2) is 23.8 Å². The molecule has 0 aliphatic carbocycles. The third kappa shape index (κ3) is 3.55. The second kappa shape index (κ2) is 6.63. The van der Waals surface area contributed by atoms with Crippen molar-refractivity contribution in [2.45, 2.75) is 33.4 Å². The predicted molar refractivity (Wildman–Crippen MR) is 82.0 cm³/mol. The summed E-state index contributed by atoms with van der Waals surface area (Å²) < 4.78 is 5.74. The molecule has 2 rings (SSSR count). The number of para-hydroxylation sites is 1. The number of benzene rings is 1. The molecule has 2 aromatic rings. The number of aliphatic hydroxyl groups excluding tert-OH is 1. The van der Waals surface area contributed by atoms with Crippen molar-refractivity contribution >= 4 is 17.0 Å². The van der Waals surface area contributed by atoms with E-state index < -0.39 is 0 Å². The van der Waals surface area contributed by atoms with Gasteiger partial charge in [0.15, 0.2) is 0 Å². The SMILES string of the molecule is Cc1c(CNC(=O)NC(C)C(C)CO)oc2ccccc12. The molecule has 5 nitrogen and oxygen atoms in total. The number of fused-ring (bicyclic) bond motifs is 1. The van der Waals surface area contributed by atoms with E-state index >= 15 is 0 Å². The van der Waals surface area contributed by atoms with E-state index in [9.17, 15) is 4.79 Å². The molecule has 0 radical (unpaired) electrons. The minimum absolute atomic E-state index is 0.0173. The molecule has 2 atom stereocenters. The zero-order valence-corrected chi connectivity index (χ0v) is 12.6. The molecule has 5 heteroatoms. The molecule has 0 aliphatic heterocycles. The van der Waals surface area contributed by atoms with Crippen LogP contribution < -0.4 is 10.6 Å². The molecule has 1 aromatic heterocycles. The van der Waals surface area contributed by atoms with E-state index in [0.29, 0.717) is 6.54 Å². The van der Waals surface area contributed by atoms with E-state index in [4.69, 9.17) is 9.52 Å². The van der Waals surface area contributed by atoms with Crippen LogP contribution in [0.3, 0.4) is 0 Å². The summed E-state index contributed by atoms with van der Waals surface area (Å²) >= 11 is 0. The first-order valence-electron chi connectivity index (χ1n) is 7.15. The van der Waals surface area contributed by atoms with Crippen molar-refractivity contribution in [3.8, 4) is 0 Å². The minimum Gasteiger partial charge on any atom is -0.459 e. The first-order valence-corrected chi connectivity index (χ1v) is 7.15. The predicted octanol–water partition coefficient (Wildman–Crippen LogP) is 2.56. The topological polar surface area (TPSA) is 74.5 Å². The first kappa shape index (κ1) is 15.4. The van der Waals surface area contributed by atoms with Crippen molar-refractivity contribution in [1.29, 1.82) is 0 Å². The van der Waals surface area contributed by atoms with Crippen LogP contribution in [0.2, 0.25) is 0 Å². The highest BCUT2D eigenvalue weighted by Crippen LogP contribution is 2.24. The summed E-state index contributed by atoms with van der Waals surface area (Å²) in [4.78, 5) is 11.8. The summed E-state index contributed by atoms with van der Waals surface area (Å²) in [5, 5.41) is 15.7. The third-order valence-electron chi connectivity index (χ3n) is 3.85. The van der Waals surface area contributed by atoms with Crippen LogP contribution in [0.15, 0.2) is 28.7 Å². The van der Waals surface area contributed by atoms with E-state index in [1.165, 1.54) is 0 Å². The standard InChI is InChI=1S/C16H22N2O3/c1-10(9-19)12(3)18-16(20)17-8-15-11(2)13-6-4-5-7-14(13)21-15/h4-7,10,12,19H,8-9H2,1-3H3,(H2,17,18,20). The second-order valence-corrected chi connectivity index (χ2v) is 5.42. The Morgan fingerprint density at radius 3 is 2.71 bits per heavy atom. The van der Waals surface area contributed by atoms with Gasteiger partial charge in [0.1, 0.15) is 11.3 Å². The van der Waals surface area contributed by atoms with Crippen LogP contribution in [-0.2, 0) is 6.54 Å². The average molecular weight is 290 g/mol. The lowest BCUT2D eigenvalue weighted by molar-refractivity contribution is 0.200. The highest BCUT2D eigenvalue weighted by molar-refractivity contribution is 5.82.